The lowest BCUT2D eigenvalue weighted by atomic mass is 10.5. The smallest absolute Gasteiger partial charge is 0.124 e. The SMILES string of the molecule is Nc1cc(SCCCO)ccn1. The lowest BCUT2D eigenvalue weighted by molar-refractivity contribution is 0.296. The third kappa shape index (κ3) is 3.11. The highest BCUT2D eigenvalue weighted by Gasteiger charge is 1.94. The van der Waals surface area contributed by atoms with Crippen molar-refractivity contribution < 1.29 is 5.11 Å². The number of hydrogen-bond donors (Lipinski definition) is 2. The first kappa shape index (κ1) is 9.35. The molecule has 4 heteroatoms. The van der Waals surface area contributed by atoms with Gasteiger partial charge >= 0.3 is 0 Å². The van der Waals surface area contributed by atoms with Crippen molar-refractivity contribution in [1.82, 2.24) is 4.98 Å². The van der Waals surface area contributed by atoms with Crippen LogP contribution in [-0.2, 0) is 0 Å². The Labute approximate surface area is 76.0 Å². The first-order valence-electron chi connectivity index (χ1n) is 3.78. The van der Waals surface area contributed by atoms with Gasteiger partial charge < -0.3 is 10.8 Å². The Morgan fingerprint density at radius 3 is 3.08 bits per heavy atom. The Kier molecular flexibility index (Phi) is 3.90. The summed E-state index contributed by atoms with van der Waals surface area (Å²) < 4.78 is 0. The maximum absolute atomic E-state index is 8.55. The average Bonchev–Trinajstić information content (AvgIpc) is 2.05. The normalized spacial score (nSPS) is 10.1. The number of rotatable bonds is 4. The van der Waals surface area contributed by atoms with E-state index in [1.807, 2.05) is 12.1 Å². The van der Waals surface area contributed by atoms with Gasteiger partial charge in [0.2, 0.25) is 0 Å². The lowest BCUT2D eigenvalue weighted by Crippen LogP contribution is -1.90. The summed E-state index contributed by atoms with van der Waals surface area (Å²) in [6, 6.07) is 3.75. The number of aliphatic hydroxyl groups is 1. The predicted molar refractivity (Wildman–Crippen MR) is 51.1 cm³/mol. The summed E-state index contributed by atoms with van der Waals surface area (Å²) in [5.41, 5.74) is 5.49. The molecule has 0 aliphatic rings. The van der Waals surface area contributed by atoms with Crippen molar-refractivity contribution in [3.05, 3.63) is 18.3 Å². The molecule has 0 saturated carbocycles. The van der Waals surface area contributed by atoms with Crippen molar-refractivity contribution in [2.24, 2.45) is 0 Å². The van der Waals surface area contributed by atoms with E-state index in [4.69, 9.17) is 10.8 Å². The molecule has 3 nitrogen and oxygen atoms in total. The van der Waals surface area contributed by atoms with Crippen molar-refractivity contribution >= 4 is 17.6 Å². The van der Waals surface area contributed by atoms with Crippen LogP contribution < -0.4 is 5.73 Å². The number of anilines is 1. The molecule has 0 fully saturated rings. The highest BCUT2D eigenvalue weighted by molar-refractivity contribution is 7.99. The monoisotopic (exact) mass is 184 g/mol. The van der Waals surface area contributed by atoms with Crippen LogP contribution >= 0.6 is 11.8 Å². The first-order valence-corrected chi connectivity index (χ1v) is 4.76. The summed E-state index contributed by atoms with van der Waals surface area (Å²) >= 11 is 1.68. The van der Waals surface area contributed by atoms with Gasteiger partial charge in [-0.15, -0.1) is 11.8 Å². The fraction of sp³-hybridized carbons (Fsp3) is 0.375. The van der Waals surface area contributed by atoms with E-state index in [9.17, 15) is 0 Å². The molecule has 66 valence electrons. The minimum Gasteiger partial charge on any atom is -0.396 e. The zero-order chi connectivity index (χ0) is 8.81. The lowest BCUT2D eigenvalue weighted by Gasteiger charge is -1.99. The molecule has 12 heavy (non-hydrogen) atoms. The second kappa shape index (κ2) is 5.00. The molecule has 0 bridgehead atoms. The number of aromatic nitrogens is 1. The van der Waals surface area contributed by atoms with E-state index in [1.165, 1.54) is 0 Å². The van der Waals surface area contributed by atoms with Crippen LogP contribution in [0.2, 0.25) is 0 Å². The molecular formula is C8H12N2OS. The highest BCUT2D eigenvalue weighted by Crippen LogP contribution is 2.18. The van der Waals surface area contributed by atoms with Crippen LogP contribution in [0, 0.1) is 0 Å². The number of nitrogen functional groups attached to an aromatic ring is 1. The zero-order valence-electron chi connectivity index (χ0n) is 6.73. The maximum atomic E-state index is 8.55. The minimum atomic E-state index is 0.244. The fourth-order valence-corrected chi connectivity index (χ4v) is 1.64. The van der Waals surface area contributed by atoms with Crippen LogP contribution in [0.4, 0.5) is 5.82 Å². The number of nitrogens with zero attached hydrogens (tertiary/aromatic N) is 1. The van der Waals surface area contributed by atoms with Gasteiger partial charge in [-0.2, -0.15) is 0 Å². The summed E-state index contributed by atoms with van der Waals surface area (Å²) in [6.45, 7) is 0.244. The Morgan fingerprint density at radius 2 is 2.42 bits per heavy atom. The summed E-state index contributed by atoms with van der Waals surface area (Å²) in [5, 5.41) is 8.55. The van der Waals surface area contributed by atoms with Crippen LogP contribution in [0.15, 0.2) is 23.2 Å². The number of pyridine rings is 1. The maximum Gasteiger partial charge on any atom is 0.124 e. The highest BCUT2D eigenvalue weighted by atomic mass is 32.2. The molecule has 0 radical (unpaired) electrons. The van der Waals surface area contributed by atoms with E-state index < -0.39 is 0 Å². The standard InChI is InChI=1S/C8H12N2OS/c9-8-6-7(2-3-10-8)12-5-1-4-11/h2-3,6,11H,1,4-5H2,(H2,9,10). The molecule has 1 aromatic rings. The van der Waals surface area contributed by atoms with Crippen molar-refractivity contribution in [2.45, 2.75) is 11.3 Å². The third-order valence-corrected chi connectivity index (χ3v) is 2.40. The zero-order valence-corrected chi connectivity index (χ0v) is 7.55. The molecule has 0 aliphatic carbocycles. The largest absolute Gasteiger partial charge is 0.396 e. The average molecular weight is 184 g/mol. The molecule has 0 aliphatic heterocycles. The Morgan fingerprint density at radius 1 is 1.58 bits per heavy atom. The van der Waals surface area contributed by atoms with E-state index in [1.54, 1.807) is 18.0 Å². The van der Waals surface area contributed by atoms with Crippen molar-refractivity contribution in [1.29, 1.82) is 0 Å². The molecule has 1 aromatic heterocycles. The van der Waals surface area contributed by atoms with Gasteiger partial charge in [0.15, 0.2) is 0 Å². The molecule has 0 spiro atoms. The van der Waals surface area contributed by atoms with Crippen LogP contribution in [0.3, 0.4) is 0 Å². The summed E-state index contributed by atoms with van der Waals surface area (Å²) in [7, 11) is 0. The van der Waals surface area contributed by atoms with Crippen LogP contribution in [0.1, 0.15) is 6.42 Å². The van der Waals surface area contributed by atoms with E-state index in [-0.39, 0.29) is 6.61 Å². The Balaban J connectivity index is 2.41. The summed E-state index contributed by atoms with van der Waals surface area (Å²) in [5.74, 6) is 1.46. The van der Waals surface area contributed by atoms with Crippen LogP contribution in [-0.4, -0.2) is 22.5 Å². The first-order chi connectivity index (χ1) is 5.83. The molecule has 0 amide bonds. The van der Waals surface area contributed by atoms with Gasteiger partial charge in [-0.05, 0) is 18.6 Å². The molecule has 1 rings (SSSR count). The second-order valence-electron chi connectivity index (χ2n) is 2.34. The number of nitrogens with two attached hydrogens (primary N) is 1. The fourth-order valence-electron chi connectivity index (χ4n) is 0.772. The number of aliphatic hydroxyl groups excluding tert-OH is 1. The number of thioether (sulfide) groups is 1. The molecule has 3 N–H and O–H groups in total. The topological polar surface area (TPSA) is 59.1 Å². The third-order valence-electron chi connectivity index (χ3n) is 1.32. The van der Waals surface area contributed by atoms with Gasteiger partial charge in [0.05, 0.1) is 0 Å². The molecule has 0 aromatic carbocycles. The van der Waals surface area contributed by atoms with Crippen LogP contribution in [0.25, 0.3) is 0 Å². The van der Waals surface area contributed by atoms with Gasteiger partial charge in [-0.25, -0.2) is 4.98 Å². The van der Waals surface area contributed by atoms with Gasteiger partial charge in [-0.1, -0.05) is 0 Å². The van der Waals surface area contributed by atoms with E-state index in [0.29, 0.717) is 5.82 Å². The van der Waals surface area contributed by atoms with E-state index in [2.05, 4.69) is 4.98 Å². The van der Waals surface area contributed by atoms with Gasteiger partial charge in [-0.3, -0.25) is 0 Å². The van der Waals surface area contributed by atoms with Crippen LogP contribution in [0.5, 0.6) is 0 Å². The minimum absolute atomic E-state index is 0.244. The van der Waals surface area contributed by atoms with Gasteiger partial charge in [0, 0.05) is 23.5 Å². The molecular weight excluding hydrogens is 172 g/mol. The van der Waals surface area contributed by atoms with E-state index in [0.717, 1.165) is 17.1 Å². The van der Waals surface area contributed by atoms with Gasteiger partial charge in [0.25, 0.3) is 0 Å². The predicted octanol–water partition coefficient (Wildman–Crippen LogP) is 1.14. The Bertz CT molecular complexity index is 242. The quantitative estimate of drug-likeness (QED) is 0.544. The second-order valence-corrected chi connectivity index (χ2v) is 3.51. The summed E-state index contributed by atoms with van der Waals surface area (Å²) in [4.78, 5) is 4.99. The number of hydrogen-bond acceptors (Lipinski definition) is 4. The molecule has 1 heterocycles. The van der Waals surface area contributed by atoms with Crippen molar-refractivity contribution in [3.63, 3.8) is 0 Å². The molecule has 0 unspecified atom stereocenters. The van der Waals surface area contributed by atoms with E-state index >= 15 is 0 Å². The summed E-state index contributed by atoms with van der Waals surface area (Å²) in [6.07, 6.45) is 2.50. The van der Waals surface area contributed by atoms with Crippen molar-refractivity contribution in [2.75, 3.05) is 18.1 Å². The molecule has 0 saturated heterocycles. The van der Waals surface area contributed by atoms with Gasteiger partial charge in [0.1, 0.15) is 5.82 Å². The Hall–Kier alpha value is -0.740. The van der Waals surface area contributed by atoms with Crippen molar-refractivity contribution in [3.8, 4) is 0 Å². The molecule has 0 atom stereocenters.